The number of anilines is 1. The van der Waals surface area contributed by atoms with Gasteiger partial charge in [-0.05, 0) is 39.0 Å². The molecule has 0 saturated heterocycles. The van der Waals surface area contributed by atoms with E-state index in [2.05, 4.69) is 34.1 Å². The molecule has 4 aromatic rings. The summed E-state index contributed by atoms with van der Waals surface area (Å²) in [7, 11) is 1.93. The number of aromatic nitrogens is 3. The molecule has 1 aliphatic rings. The molecule has 0 aliphatic carbocycles. The second-order valence-corrected chi connectivity index (χ2v) is 12.0. The number of nitrogens with zero attached hydrogens (tertiary/aromatic N) is 4. The van der Waals surface area contributed by atoms with Gasteiger partial charge in [-0.3, -0.25) is 9.36 Å². The van der Waals surface area contributed by atoms with Crippen molar-refractivity contribution in [1.29, 1.82) is 0 Å². The number of halogens is 2. The Morgan fingerprint density at radius 2 is 2.03 bits per heavy atom. The van der Waals surface area contributed by atoms with E-state index in [1.807, 2.05) is 30.4 Å². The first kappa shape index (κ1) is 25.1. The SMILES string of the molecule is CCn1c(=O)/c(=C2\Sc3cc(F)ccc3N2C)s/c1=C\c1scc[n+]1Cc1nc(C)sc1C.[Cl-]. The van der Waals surface area contributed by atoms with Gasteiger partial charge in [0.25, 0.3) is 10.6 Å². The van der Waals surface area contributed by atoms with E-state index >= 15 is 0 Å². The maximum Gasteiger partial charge on any atom is 0.271 e. The van der Waals surface area contributed by atoms with Gasteiger partial charge >= 0.3 is 0 Å². The smallest absolute Gasteiger partial charge is 0.271 e. The zero-order valence-corrected chi connectivity index (χ0v) is 23.0. The summed E-state index contributed by atoms with van der Waals surface area (Å²) in [6.45, 7) is 7.41. The Labute approximate surface area is 219 Å². The minimum Gasteiger partial charge on any atom is -1.00 e. The van der Waals surface area contributed by atoms with Gasteiger partial charge in [-0.1, -0.05) is 23.1 Å². The highest BCUT2D eigenvalue weighted by Gasteiger charge is 2.25. The van der Waals surface area contributed by atoms with Crippen molar-refractivity contribution >= 4 is 62.6 Å². The second-order valence-electron chi connectivity index (χ2n) is 7.65. The summed E-state index contributed by atoms with van der Waals surface area (Å²) in [5.74, 6) is -0.269. The van der Waals surface area contributed by atoms with Crippen LogP contribution in [0.4, 0.5) is 10.1 Å². The first-order valence-corrected chi connectivity index (χ1v) is 13.7. The molecule has 4 heterocycles. The van der Waals surface area contributed by atoms with Gasteiger partial charge in [0.2, 0.25) is 0 Å². The van der Waals surface area contributed by atoms with E-state index in [1.54, 1.807) is 28.7 Å². The second kappa shape index (κ2) is 9.94. The molecule has 3 aromatic heterocycles. The van der Waals surface area contributed by atoms with Crippen molar-refractivity contribution in [3.05, 3.63) is 75.7 Å². The van der Waals surface area contributed by atoms with E-state index in [1.165, 1.54) is 40.1 Å². The molecule has 1 aromatic carbocycles. The van der Waals surface area contributed by atoms with Crippen molar-refractivity contribution < 1.29 is 21.4 Å². The van der Waals surface area contributed by atoms with Gasteiger partial charge in [0.1, 0.15) is 25.7 Å². The number of hydrogen-bond donors (Lipinski definition) is 0. The van der Waals surface area contributed by atoms with Gasteiger partial charge in [0.15, 0.2) is 12.7 Å². The molecule has 0 fully saturated rings. The fourth-order valence-electron chi connectivity index (χ4n) is 3.84. The fourth-order valence-corrected chi connectivity index (χ4v) is 8.01. The van der Waals surface area contributed by atoms with Crippen LogP contribution in [-0.2, 0) is 13.1 Å². The third-order valence-electron chi connectivity index (χ3n) is 5.50. The number of aryl methyl sites for hydroxylation is 2. The standard InChI is InChI=1S/C23H22FN4OS4.ClH/c1-5-28-20(11-19-27(8-9-30-19)12-16-13(2)31-14(3)25-16)33-21(22(28)29)23-26(4)17-7-6-15(24)10-18(17)32-23;/h6-11H,5,12H2,1-4H3;1H/q+1;/p-1/b23-21+;. The monoisotopic (exact) mass is 552 g/mol. The lowest BCUT2D eigenvalue weighted by molar-refractivity contribution is -0.685. The van der Waals surface area contributed by atoms with Crippen molar-refractivity contribution in [3.63, 3.8) is 0 Å². The average Bonchev–Trinajstić information content (AvgIpc) is 3.50. The molecule has 178 valence electrons. The number of thioether (sulfide) groups is 1. The minimum absolute atomic E-state index is 0. The normalized spacial score (nSPS) is 15.1. The Kier molecular flexibility index (Phi) is 7.35. The molecular formula is C23H22ClFN4OS4. The largest absolute Gasteiger partial charge is 1.00 e. The number of hydrogen-bond acceptors (Lipinski definition) is 7. The van der Waals surface area contributed by atoms with Crippen LogP contribution in [0, 0.1) is 19.7 Å². The first-order chi connectivity index (χ1) is 15.9. The quantitative estimate of drug-likeness (QED) is 0.349. The molecule has 0 spiro atoms. The van der Waals surface area contributed by atoms with Gasteiger partial charge in [-0.15, -0.1) is 22.7 Å². The average molecular weight is 553 g/mol. The van der Waals surface area contributed by atoms with Crippen LogP contribution >= 0.6 is 45.8 Å². The van der Waals surface area contributed by atoms with Crippen LogP contribution in [0.3, 0.4) is 0 Å². The molecule has 5 rings (SSSR count). The molecule has 0 N–H and O–H groups in total. The van der Waals surface area contributed by atoms with E-state index < -0.39 is 0 Å². The summed E-state index contributed by atoms with van der Waals surface area (Å²) in [5.41, 5.74) is 1.99. The maximum absolute atomic E-state index is 13.7. The van der Waals surface area contributed by atoms with E-state index in [4.69, 9.17) is 0 Å². The lowest BCUT2D eigenvalue weighted by Crippen LogP contribution is -3.00. The fraction of sp³-hybridized carbons (Fsp3) is 0.261. The molecule has 5 nitrogen and oxygen atoms in total. The van der Waals surface area contributed by atoms with Crippen molar-refractivity contribution in [2.24, 2.45) is 0 Å². The lowest BCUT2D eigenvalue weighted by atomic mass is 10.3. The minimum atomic E-state index is -0.269. The van der Waals surface area contributed by atoms with Crippen LogP contribution in [-0.4, -0.2) is 16.6 Å². The molecule has 0 bridgehead atoms. The first-order valence-electron chi connectivity index (χ1n) is 10.4. The molecule has 0 atom stereocenters. The highest BCUT2D eigenvalue weighted by Crippen LogP contribution is 2.45. The van der Waals surface area contributed by atoms with Gasteiger partial charge in [-0.2, -0.15) is 4.57 Å². The summed E-state index contributed by atoms with van der Waals surface area (Å²) in [6, 6.07) is 4.75. The number of rotatable bonds is 4. The predicted octanol–water partition coefficient (Wildman–Crippen LogP) is 0.680. The van der Waals surface area contributed by atoms with Crippen molar-refractivity contribution in [2.45, 2.75) is 38.8 Å². The molecular weight excluding hydrogens is 531 g/mol. The number of fused-ring (bicyclic) bond motifs is 1. The van der Waals surface area contributed by atoms with Crippen LogP contribution in [0.15, 0.2) is 39.5 Å². The van der Waals surface area contributed by atoms with E-state index in [9.17, 15) is 9.18 Å². The Balaban J connectivity index is 0.00000274. The Hall–Kier alpha value is -1.98. The van der Waals surface area contributed by atoms with Gasteiger partial charge in [0.05, 0.1) is 22.2 Å². The summed E-state index contributed by atoms with van der Waals surface area (Å²) in [4.78, 5) is 22.0. The Bertz CT molecular complexity index is 1550. The number of thiazole rings is 3. The molecule has 0 radical (unpaired) electrons. The zero-order chi connectivity index (χ0) is 23.3. The highest BCUT2D eigenvalue weighted by molar-refractivity contribution is 8.08. The lowest BCUT2D eigenvalue weighted by Gasteiger charge is -2.12. The molecule has 1 aliphatic heterocycles. The Morgan fingerprint density at radius 1 is 1.24 bits per heavy atom. The van der Waals surface area contributed by atoms with Crippen molar-refractivity contribution in [3.8, 4) is 0 Å². The molecule has 0 saturated carbocycles. The molecule has 0 unspecified atom stereocenters. The Morgan fingerprint density at radius 3 is 2.74 bits per heavy atom. The van der Waals surface area contributed by atoms with Crippen LogP contribution in [0.5, 0.6) is 0 Å². The van der Waals surface area contributed by atoms with Gasteiger partial charge in [-0.25, -0.2) is 9.37 Å². The maximum atomic E-state index is 13.7. The van der Waals surface area contributed by atoms with Gasteiger partial charge in [0, 0.05) is 23.4 Å². The summed E-state index contributed by atoms with van der Waals surface area (Å²) < 4.78 is 19.3. The topological polar surface area (TPSA) is 42.0 Å². The third-order valence-corrected chi connectivity index (χ3v) is 9.74. The summed E-state index contributed by atoms with van der Waals surface area (Å²) in [6.07, 6.45) is 4.15. The number of benzene rings is 1. The third kappa shape index (κ3) is 4.49. The van der Waals surface area contributed by atoms with Crippen molar-refractivity contribution in [2.75, 3.05) is 11.9 Å². The van der Waals surface area contributed by atoms with Crippen LogP contribution in [0.2, 0.25) is 0 Å². The van der Waals surface area contributed by atoms with Crippen LogP contribution in [0.1, 0.15) is 27.5 Å². The van der Waals surface area contributed by atoms with Crippen LogP contribution < -0.4 is 36.6 Å². The highest BCUT2D eigenvalue weighted by atomic mass is 35.5. The molecule has 11 heteroatoms. The molecule has 0 amide bonds. The van der Waals surface area contributed by atoms with Crippen LogP contribution in [0.25, 0.3) is 11.1 Å². The van der Waals surface area contributed by atoms with Gasteiger partial charge < -0.3 is 17.3 Å². The van der Waals surface area contributed by atoms with E-state index in [0.717, 1.165) is 36.0 Å². The molecule has 34 heavy (non-hydrogen) atoms. The van der Waals surface area contributed by atoms with E-state index in [-0.39, 0.29) is 23.8 Å². The summed E-state index contributed by atoms with van der Waals surface area (Å²) in [5, 5.41) is 5.05. The predicted molar refractivity (Wildman–Crippen MR) is 136 cm³/mol. The van der Waals surface area contributed by atoms with E-state index in [0.29, 0.717) is 17.6 Å². The zero-order valence-electron chi connectivity index (χ0n) is 19.0. The van der Waals surface area contributed by atoms with Crippen molar-refractivity contribution in [1.82, 2.24) is 9.55 Å². The summed E-state index contributed by atoms with van der Waals surface area (Å²) >= 11 is 6.30.